The van der Waals surface area contributed by atoms with E-state index in [1.165, 1.54) is 0 Å². The molecule has 0 aliphatic rings. The second kappa shape index (κ2) is 7.08. The van der Waals surface area contributed by atoms with Crippen LogP contribution < -0.4 is 10.6 Å². The molecule has 2 aromatic rings. The van der Waals surface area contributed by atoms with Gasteiger partial charge in [0, 0.05) is 32.0 Å². The maximum Gasteiger partial charge on any atom is 0.146 e. The van der Waals surface area contributed by atoms with Gasteiger partial charge >= 0.3 is 0 Å². The van der Waals surface area contributed by atoms with Crippen molar-refractivity contribution in [2.45, 2.75) is 19.9 Å². The Balaban J connectivity index is 1.92. The molecular weight excluding hydrogens is 308 g/mol. The number of nitrogens with zero attached hydrogens (tertiary/aromatic N) is 4. The van der Waals surface area contributed by atoms with Gasteiger partial charge in [-0.1, -0.05) is 6.92 Å². The lowest BCUT2D eigenvalue weighted by molar-refractivity contribution is 0.725. The Morgan fingerprint density at radius 2 is 1.95 bits per heavy atom. The van der Waals surface area contributed by atoms with Crippen LogP contribution in [0.25, 0.3) is 0 Å². The standard InChI is InChI=1S/C12H17BrN6/c1-2-3-15-11-10(13)12(18-8-17-11)16-5-7-19-6-4-14-9-19/h4,6,8-9H,2-3,5,7H2,1H3,(H2,15,16,17,18). The van der Waals surface area contributed by atoms with Crippen molar-refractivity contribution in [2.75, 3.05) is 23.7 Å². The van der Waals surface area contributed by atoms with Gasteiger partial charge in [0.25, 0.3) is 0 Å². The predicted octanol–water partition coefficient (Wildman–Crippen LogP) is 2.37. The molecule has 0 amide bonds. The Morgan fingerprint density at radius 1 is 1.21 bits per heavy atom. The first-order chi connectivity index (χ1) is 9.31. The quantitative estimate of drug-likeness (QED) is 0.818. The van der Waals surface area contributed by atoms with Gasteiger partial charge < -0.3 is 15.2 Å². The molecule has 0 aliphatic carbocycles. The first-order valence-electron chi connectivity index (χ1n) is 6.25. The summed E-state index contributed by atoms with van der Waals surface area (Å²) in [5.74, 6) is 1.62. The zero-order valence-corrected chi connectivity index (χ0v) is 12.4. The van der Waals surface area contributed by atoms with Gasteiger partial charge in [-0.05, 0) is 22.4 Å². The van der Waals surface area contributed by atoms with Crippen molar-refractivity contribution in [1.29, 1.82) is 0 Å². The summed E-state index contributed by atoms with van der Waals surface area (Å²) < 4.78 is 2.88. The minimum Gasteiger partial charge on any atom is -0.369 e. The molecule has 0 spiro atoms. The van der Waals surface area contributed by atoms with Crippen LogP contribution in [-0.4, -0.2) is 32.6 Å². The van der Waals surface area contributed by atoms with E-state index in [4.69, 9.17) is 0 Å². The van der Waals surface area contributed by atoms with E-state index in [1.54, 1.807) is 18.9 Å². The number of anilines is 2. The van der Waals surface area contributed by atoms with Gasteiger partial charge in [0.1, 0.15) is 22.4 Å². The summed E-state index contributed by atoms with van der Waals surface area (Å²) in [6.45, 7) is 4.63. The molecule has 102 valence electrons. The highest BCUT2D eigenvalue weighted by atomic mass is 79.9. The molecule has 0 saturated heterocycles. The van der Waals surface area contributed by atoms with Gasteiger partial charge in [-0.3, -0.25) is 0 Å². The van der Waals surface area contributed by atoms with Crippen molar-refractivity contribution in [3.63, 3.8) is 0 Å². The van der Waals surface area contributed by atoms with E-state index < -0.39 is 0 Å². The molecule has 0 fully saturated rings. The van der Waals surface area contributed by atoms with E-state index in [-0.39, 0.29) is 0 Å². The highest BCUT2D eigenvalue weighted by Gasteiger charge is 2.07. The highest BCUT2D eigenvalue weighted by molar-refractivity contribution is 9.10. The topological polar surface area (TPSA) is 67.7 Å². The Bertz CT molecular complexity index is 499. The number of hydrogen-bond donors (Lipinski definition) is 2. The number of hydrogen-bond acceptors (Lipinski definition) is 5. The molecule has 0 aliphatic heterocycles. The highest BCUT2D eigenvalue weighted by Crippen LogP contribution is 2.26. The summed E-state index contributed by atoms with van der Waals surface area (Å²) in [4.78, 5) is 12.4. The zero-order valence-electron chi connectivity index (χ0n) is 10.8. The fourth-order valence-corrected chi connectivity index (χ4v) is 2.07. The van der Waals surface area contributed by atoms with Crippen molar-refractivity contribution >= 4 is 27.6 Å². The summed E-state index contributed by atoms with van der Waals surface area (Å²) in [5, 5.41) is 6.54. The van der Waals surface area contributed by atoms with Crippen LogP contribution >= 0.6 is 15.9 Å². The van der Waals surface area contributed by atoms with Crippen LogP contribution in [0.1, 0.15) is 13.3 Å². The smallest absolute Gasteiger partial charge is 0.146 e. The normalized spacial score (nSPS) is 10.4. The molecule has 0 unspecified atom stereocenters. The van der Waals surface area contributed by atoms with Gasteiger partial charge in [0.15, 0.2) is 0 Å². The van der Waals surface area contributed by atoms with E-state index >= 15 is 0 Å². The van der Waals surface area contributed by atoms with Crippen molar-refractivity contribution in [1.82, 2.24) is 19.5 Å². The largest absolute Gasteiger partial charge is 0.369 e. The fourth-order valence-electron chi connectivity index (χ4n) is 1.58. The van der Waals surface area contributed by atoms with Crippen LogP contribution in [0.2, 0.25) is 0 Å². The molecule has 6 nitrogen and oxygen atoms in total. The third-order valence-electron chi connectivity index (χ3n) is 2.55. The van der Waals surface area contributed by atoms with Gasteiger partial charge in [0.2, 0.25) is 0 Å². The van der Waals surface area contributed by atoms with Crippen molar-refractivity contribution in [2.24, 2.45) is 0 Å². The molecule has 2 aromatic heterocycles. The third kappa shape index (κ3) is 3.92. The van der Waals surface area contributed by atoms with E-state index in [2.05, 4.69) is 48.4 Å². The van der Waals surface area contributed by atoms with Crippen LogP contribution in [-0.2, 0) is 6.54 Å². The Hall–Kier alpha value is -1.63. The van der Waals surface area contributed by atoms with Crippen molar-refractivity contribution in [3.8, 4) is 0 Å². The SMILES string of the molecule is CCCNc1ncnc(NCCn2ccnc2)c1Br. The van der Waals surface area contributed by atoms with E-state index in [0.717, 1.165) is 42.2 Å². The number of nitrogens with one attached hydrogen (secondary N) is 2. The fraction of sp³-hybridized carbons (Fsp3) is 0.417. The van der Waals surface area contributed by atoms with E-state index in [1.807, 2.05) is 10.8 Å². The van der Waals surface area contributed by atoms with Gasteiger partial charge in [-0.25, -0.2) is 15.0 Å². The van der Waals surface area contributed by atoms with Gasteiger partial charge in [-0.15, -0.1) is 0 Å². The number of imidazole rings is 1. The zero-order chi connectivity index (χ0) is 13.5. The first kappa shape index (κ1) is 13.8. The molecule has 2 heterocycles. The first-order valence-corrected chi connectivity index (χ1v) is 7.04. The second-order valence-electron chi connectivity index (χ2n) is 4.04. The molecule has 0 radical (unpaired) electrons. The number of aromatic nitrogens is 4. The molecule has 2 rings (SSSR count). The van der Waals surface area contributed by atoms with Crippen LogP contribution in [0.3, 0.4) is 0 Å². The summed E-state index contributed by atoms with van der Waals surface area (Å²) in [7, 11) is 0. The minimum atomic E-state index is 0.777. The number of halogens is 1. The van der Waals surface area contributed by atoms with Gasteiger partial charge in [0.05, 0.1) is 6.33 Å². The summed E-state index contributed by atoms with van der Waals surface area (Å²) in [6.07, 6.45) is 8.12. The van der Waals surface area contributed by atoms with E-state index in [9.17, 15) is 0 Å². The number of rotatable bonds is 7. The summed E-state index contributed by atoms with van der Waals surface area (Å²) in [6, 6.07) is 0. The third-order valence-corrected chi connectivity index (χ3v) is 3.30. The monoisotopic (exact) mass is 324 g/mol. The maximum atomic E-state index is 4.23. The summed E-state index contributed by atoms with van der Waals surface area (Å²) >= 11 is 3.52. The minimum absolute atomic E-state index is 0.777. The molecule has 0 bridgehead atoms. The maximum absolute atomic E-state index is 4.23. The molecule has 0 aromatic carbocycles. The van der Waals surface area contributed by atoms with Crippen LogP contribution in [0.15, 0.2) is 29.5 Å². The lowest BCUT2D eigenvalue weighted by atomic mass is 10.4. The molecular formula is C12H17BrN6. The Labute approximate surface area is 120 Å². The van der Waals surface area contributed by atoms with Crippen molar-refractivity contribution < 1.29 is 0 Å². The Morgan fingerprint density at radius 3 is 2.58 bits per heavy atom. The predicted molar refractivity (Wildman–Crippen MR) is 79.2 cm³/mol. The second-order valence-corrected chi connectivity index (χ2v) is 4.83. The van der Waals surface area contributed by atoms with Crippen LogP contribution in [0, 0.1) is 0 Å². The van der Waals surface area contributed by atoms with Gasteiger partial charge in [-0.2, -0.15) is 0 Å². The molecule has 7 heteroatoms. The molecule has 0 atom stereocenters. The van der Waals surface area contributed by atoms with E-state index in [0.29, 0.717) is 0 Å². The van der Waals surface area contributed by atoms with Crippen molar-refractivity contribution in [3.05, 3.63) is 29.5 Å². The lowest BCUT2D eigenvalue weighted by Crippen LogP contribution is -2.12. The average molecular weight is 325 g/mol. The summed E-state index contributed by atoms with van der Waals surface area (Å²) in [5.41, 5.74) is 0. The Kier molecular flexibility index (Phi) is 5.14. The molecule has 2 N–H and O–H groups in total. The lowest BCUT2D eigenvalue weighted by Gasteiger charge is -2.11. The van der Waals surface area contributed by atoms with Crippen LogP contribution in [0.4, 0.5) is 11.6 Å². The molecule has 19 heavy (non-hydrogen) atoms. The average Bonchev–Trinajstić information content (AvgIpc) is 2.92. The molecule has 0 saturated carbocycles. The van der Waals surface area contributed by atoms with Crippen LogP contribution in [0.5, 0.6) is 0 Å².